The molecule has 0 radical (unpaired) electrons. The quantitative estimate of drug-likeness (QED) is 0.300. The van der Waals surface area contributed by atoms with Gasteiger partial charge in [0.2, 0.25) is 11.9 Å². The SMILES string of the molecule is CC(C)NC(=O)CN1CCOc2cc(-c3nc(Nc4ccc(N)c(C=N)c4Cl)n(C)n3)ccc21. The molecule has 0 saturated heterocycles. The van der Waals surface area contributed by atoms with Crippen LogP contribution < -0.4 is 26.0 Å². The van der Waals surface area contributed by atoms with Crippen molar-refractivity contribution >= 4 is 46.7 Å². The van der Waals surface area contributed by atoms with Gasteiger partial charge in [0.05, 0.1) is 29.5 Å². The number of nitrogen functional groups attached to an aromatic ring is 1. The Morgan fingerprint density at radius 1 is 1.35 bits per heavy atom. The van der Waals surface area contributed by atoms with Gasteiger partial charge in [-0.3, -0.25) is 4.79 Å². The number of anilines is 4. The molecule has 1 aromatic heterocycles. The summed E-state index contributed by atoms with van der Waals surface area (Å²) in [6.45, 7) is 5.26. The standard InChI is InChI=1S/C23H27ClN8O2/c1-13(2)27-20(33)12-32-8-9-34-19-10-14(4-7-18(19)32)22-29-23(31(3)30-22)28-17-6-5-16(26)15(11-25)21(17)24/h4-7,10-11,13,25H,8-9,12,26H2,1-3H3,(H,27,33)(H,28,29,30). The van der Waals surface area contributed by atoms with Gasteiger partial charge in [0, 0.05) is 36.1 Å². The normalized spacial score (nSPS) is 12.8. The molecule has 4 rings (SSSR count). The van der Waals surface area contributed by atoms with Crippen LogP contribution in [0.25, 0.3) is 11.4 Å². The molecule has 0 unspecified atom stereocenters. The summed E-state index contributed by atoms with van der Waals surface area (Å²) in [5.74, 6) is 1.63. The van der Waals surface area contributed by atoms with Gasteiger partial charge in [-0.1, -0.05) is 11.6 Å². The number of nitrogens with two attached hydrogens (primary N) is 1. The highest BCUT2D eigenvalue weighted by Crippen LogP contribution is 2.36. The van der Waals surface area contributed by atoms with Crippen LogP contribution in [0.15, 0.2) is 30.3 Å². The molecule has 34 heavy (non-hydrogen) atoms. The number of carbonyl (C=O) groups excluding carboxylic acids is 1. The van der Waals surface area contributed by atoms with Gasteiger partial charge in [0.15, 0.2) is 5.82 Å². The summed E-state index contributed by atoms with van der Waals surface area (Å²) in [5.41, 5.74) is 8.95. The molecule has 5 N–H and O–H groups in total. The lowest BCUT2D eigenvalue weighted by Gasteiger charge is -2.31. The van der Waals surface area contributed by atoms with Gasteiger partial charge in [0.1, 0.15) is 12.4 Å². The first-order chi connectivity index (χ1) is 16.3. The Morgan fingerprint density at radius 2 is 2.15 bits per heavy atom. The van der Waals surface area contributed by atoms with Gasteiger partial charge in [-0.05, 0) is 44.2 Å². The summed E-state index contributed by atoms with van der Waals surface area (Å²) < 4.78 is 7.47. The van der Waals surface area contributed by atoms with Crippen LogP contribution >= 0.6 is 11.6 Å². The highest BCUT2D eigenvalue weighted by Gasteiger charge is 2.22. The van der Waals surface area contributed by atoms with Crippen LogP contribution in [0.1, 0.15) is 19.4 Å². The van der Waals surface area contributed by atoms with Crippen molar-refractivity contribution in [2.75, 3.05) is 35.6 Å². The molecule has 2 heterocycles. The van der Waals surface area contributed by atoms with Crippen LogP contribution in [0.3, 0.4) is 0 Å². The molecule has 3 aromatic rings. The molecule has 11 heteroatoms. The van der Waals surface area contributed by atoms with Crippen molar-refractivity contribution in [3.8, 4) is 17.1 Å². The second-order valence-electron chi connectivity index (χ2n) is 8.26. The van der Waals surface area contributed by atoms with Crippen molar-refractivity contribution in [1.29, 1.82) is 5.41 Å². The van der Waals surface area contributed by atoms with Crippen LogP contribution in [0, 0.1) is 5.41 Å². The number of rotatable bonds is 7. The molecule has 0 fully saturated rings. The average Bonchev–Trinajstić information content (AvgIpc) is 3.15. The van der Waals surface area contributed by atoms with Crippen molar-refractivity contribution < 1.29 is 9.53 Å². The second-order valence-corrected chi connectivity index (χ2v) is 8.63. The minimum Gasteiger partial charge on any atom is -0.490 e. The molecule has 0 saturated carbocycles. The number of nitrogens with zero attached hydrogens (tertiary/aromatic N) is 4. The summed E-state index contributed by atoms with van der Waals surface area (Å²) in [6, 6.07) is 9.21. The zero-order valence-corrected chi connectivity index (χ0v) is 20.0. The molecule has 0 atom stereocenters. The van der Waals surface area contributed by atoms with E-state index in [1.807, 2.05) is 36.9 Å². The third-order valence-electron chi connectivity index (χ3n) is 5.33. The maximum Gasteiger partial charge on any atom is 0.239 e. The minimum atomic E-state index is -0.0264. The average molecular weight is 483 g/mol. The van der Waals surface area contributed by atoms with E-state index in [4.69, 9.17) is 27.5 Å². The smallest absolute Gasteiger partial charge is 0.239 e. The number of hydrogen-bond donors (Lipinski definition) is 4. The van der Waals surface area contributed by atoms with Crippen LogP contribution in [0.5, 0.6) is 5.75 Å². The number of hydrogen-bond acceptors (Lipinski definition) is 8. The fourth-order valence-electron chi connectivity index (χ4n) is 3.71. The van der Waals surface area contributed by atoms with E-state index in [9.17, 15) is 4.79 Å². The van der Waals surface area contributed by atoms with Crippen LogP contribution in [0.4, 0.5) is 23.0 Å². The first-order valence-corrected chi connectivity index (χ1v) is 11.2. The van der Waals surface area contributed by atoms with Crippen molar-refractivity contribution in [2.24, 2.45) is 7.05 Å². The third kappa shape index (κ3) is 4.76. The van der Waals surface area contributed by atoms with Gasteiger partial charge in [-0.25, -0.2) is 4.68 Å². The van der Waals surface area contributed by atoms with E-state index < -0.39 is 0 Å². The summed E-state index contributed by atoms with van der Waals surface area (Å²) >= 11 is 6.40. The van der Waals surface area contributed by atoms with Gasteiger partial charge in [-0.15, -0.1) is 5.10 Å². The Bertz CT molecular complexity index is 1240. The Kier molecular flexibility index (Phi) is 6.60. The zero-order valence-electron chi connectivity index (χ0n) is 19.2. The first-order valence-electron chi connectivity index (χ1n) is 10.8. The Balaban J connectivity index is 1.57. The first kappa shape index (κ1) is 23.4. The van der Waals surface area contributed by atoms with Crippen LogP contribution in [-0.4, -0.2) is 52.6 Å². The van der Waals surface area contributed by atoms with Crippen molar-refractivity contribution in [3.63, 3.8) is 0 Å². The van der Waals surface area contributed by atoms with Gasteiger partial charge in [-0.2, -0.15) is 4.98 Å². The number of amides is 1. The van der Waals surface area contributed by atoms with Gasteiger partial charge < -0.3 is 31.4 Å². The van der Waals surface area contributed by atoms with Crippen molar-refractivity contribution in [3.05, 3.63) is 40.9 Å². The highest BCUT2D eigenvalue weighted by atomic mass is 35.5. The maximum atomic E-state index is 12.2. The molecule has 178 valence electrons. The molecule has 1 aliphatic rings. The number of carbonyl (C=O) groups is 1. The predicted molar refractivity (Wildman–Crippen MR) is 134 cm³/mol. The van der Waals surface area contributed by atoms with Gasteiger partial charge >= 0.3 is 0 Å². The summed E-state index contributed by atoms with van der Waals surface area (Å²) in [4.78, 5) is 18.8. The molecule has 2 aromatic carbocycles. The highest BCUT2D eigenvalue weighted by molar-refractivity contribution is 6.36. The van der Waals surface area contributed by atoms with Crippen molar-refractivity contribution in [1.82, 2.24) is 20.1 Å². The van der Waals surface area contributed by atoms with Crippen molar-refractivity contribution in [2.45, 2.75) is 19.9 Å². The number of aryl methyl sites for hydroxylation is 1. The maximum absolute atomic E-state index is 12.2. The van der Waals surface area contributed by atoms with E-state index in [0.717, 1.165) is 17.5 Å². The third-order valence-corrected chi connectivity index (χ3v) is 5.74. The fraction of sp³-hybridized carbons (Fsp3) is 0.304. The Morgan fingerprint density at radius 3 is 2.88 bits per heavy atom. The van der Waals surface area contributed by atoms with Gasteiger partial charge in [0.25, 0.3) is 0 Å². The van der Waals surface area contributed by atoms with E-state index in [1.54, 1.807) is 23.9 Å². The fourth-order valence-corrected chi connectivity index (χ4v) is 3.98. The number of benzene rings is 2. The minimum absolute atomic E-state index is 0.0264. The number of fused-ring (bicyclic) bond motifs is 1. The lowest BCUT2D eigenvalue weighted by atomic mass is 10.1. The Labute approximate surface area is 202 Å². The number of aromatic nitrogens is 3. The summed E-state index contributed by atoms with van der Waals surface area (Å²) in [6.07, 6.45) is 1.12. The summed E-state index contributed by atoms with van der Waals surface area (Å²) in [5, 5.41) is 18.5. The van der Waals surface area contributed by atoms with E-state index in [1.165, 1.54) is 0 Å². The molecule has 1 amide bonds. The van der Waals surface area contributed by atoms with Crippen LogP contribution in [-0.2, 0) is 11.8 Å². The molecule has 0 aliphatic carbocycles. The number of ether oxygens (including phenoxy) is 1. The number of nitrogens with one attached hydrogen (secondary N) is 3. The van der Waals surface area contributed by atoms with E-state index in [2.05, 4.69) is 20.7 Å². The number of halogens is 1. The monoisotopic (exact) mass is 482 g/mol. The topological polar surface area (TPSA) is 134 Å². The molecular weight excluding hydrogens is 456 g/mol. The molecular formula is C23H27ClN8O2. The second kappa shape index (κ2) is 9.60. The largest absolute Gasteiger partial charge is 0.490 e. The molecule has 0 bridgehead atoms. The lowest BCUT2D eigenvalue weighted by molar-refractivity contribution is -0.120. The Hall–Kier alpha value is -3.79. The van der Waals surface area contributed by atoms with E-state index in [-0.39, 0.29) is 18.5 Å². The summed E-state index contributed by atoms with van der Waals surface area (Å²) in [7, 11) is 1.77. The molecule has 1 aliphatic heterocycles. The van der Waals surface area contributed by atoms with E-state index >= 15 is 0 Å². The van der Waals surface area contributed by atoms with E-state index in [0.29, 0.717) is 52.6 Å². The zero-order chi connectivity index (χ0) is 24.4. The molecule has 0 spiro atoms. The van der Waals surface area contributed by atoms with Crippen LogP contribution in [0.2, 0.25) is 5.02 Å². The molecule has 10 nitrogen and oxygen atoms in total. The lowest BCUT2D eigenvalue weighted by Crippen LogP contribution is -2.43. The predicted octanol–water partition coefficient (Wildman–Crippen LogP) is 3.18.